The molecular weight excluding hydrogens is 564 g/mol. The van der Waals surface area contributed by atoms with Crippen molar-refractivity contribution in [1.29, 1.82) is 0 Å². The predicted octanol–water partition coefficient (Wildman–Crippen LogP) is 2.41. The van der Waals surface area contributed by atoms with Gasteiger partial charge >= 0.3 is 10.3 Å². The van der Waals surface area contributed by atoms with Crippen LogP contribution in [0.5, 0.6) is 0 Å². The Kier molecular flexibility index (Phi) is 7.54. The molecule has 4 rings (SSSR count). The van der Waals surface area contributed by atoms with E-state index in [1.165, 1.54) is 19.6 Å². The first-order valence-corrected chi connectivity index (χ1v) is 13.1. The van der Waals surface area contributed by atoms with Crippen molar-refractivity contribution in [2.75, 3.05) is 12.4 Å². The second-order valence-electron chi connectivity index (χ2n) is 8.21. The second kappa shape index (κ2) is 10.3. The minimum absolute atomic E-state index is 0.0370. The van der Waals surface area contributed by atoms with Gasteiger partial charge in [0.1, 0.15) is 12.1 Å². The van der Waals surface area contributed by atoms with Crippen molar-refractivity contribution in [3.05, 3.63) is 69.3 Å². The van der Waals surface area contributed by atoms with Crippen molar-refractivity contribution in [3.63, 3.8) is 0 Å². The van der Waals surface area contributed by atoms with E-state index in [1.807, 2.05) is 24.3 Å². The number of anilines is 1. The van der Waals surface area contributed by atoms with Gasteiger partial charge in [0.25, 0.3) is 0 Å². The van der Waals surface area contributed by atoms with Gasteiger partial charge in [0.2, 0.25) is 5.78 Å². The minimum atomic E-state index is -4.46. The molecule has 1 aromatic carbocycles. The molecule has 0 bridgehead atoms. The Hall–Kier alpha value is -2.42. The average molecular weight is 586 g/mol. The highest BCUT2D eigenvalue weighted by atomic mass is 79.9. The number of likely N-dealkylation sites (N-methyl/N-ethyl adjacent to an activating group) is 1. The fraction of sp³-hybridized carbons (Fsp3) is 0.333. The van der Waals surface area contributed by atoms with Gasteiger partial charge in [-0.3, -0.25) is 14.0 Å². The summed E-state index contributed by atoms with van der Waals surface area (Å²) in [5.41, 5.74) is 1.13. The topological polar surface area (TPSA) is 151 Å². The number of benzene rings is 1. The number of aliphatic hydroxyl groups excluding tert-OH is 1. The van der Waals surface area contributed by atoms with Crippen molar-refractivity contribution < 1.29 is 22.9 Å². The number of aliphatic hydroxyl groups is 1. The maximum Gasteiger partial charge on any atom is 0.335 e. The Labute approximate surface area is 215 Å². The summed E-state index contributed by atoms with van der Waals surface area (Å²) in [5, 5.41) is 17.9. The Morgan fingerprint density at radius 2 is 2.14 bits per heavy atom. The average Bonchev–Trinajstić information content (AvgIpc) is 3.34. The van der Waals surface area contributed by atoms with Crippen LogP contribution in [0.3, 0.4) is 0 Å². The fourth-order valence-corrected chi connectivity index (χ4v) is 5.31. The van der Waals surface area contributed by atoms with E-state index in [9.17, 15) is 22.9 Å². The highest BCUT2D eigenvalue weighted by Crippen LogP contribution is 2.29. The van der Waals surface area contributed by atoms with Crippen LogP contribution >= 0.6 is 27.5 Å². The molecule has 0 unspecified atom stereocenters. The molecule has 2 heterocycles. The van der Waals surface area contributed by atoms with E-state index in [1.54, 1.807) is 10.9 Å². The molecule has 11 nitrogen and oxygen atoms in total. The molecule has 1 fully saturated rings. The summed E-state index contributed by atoms with van der Waals surface area (Å²) >= 11 is 9.76. The van der Waals surface area contributed by atoms with E-state index in [2.05, 4.69) is 36.3 Å². The number of carbonyl (C=O) groups excluding carboxylic acids is 1. The lowest BCUT2D eigenvalue weighted by molar-refractivity contribution is 0.103. The fourth-order valence-electron chi connectivity index (χ4n) is 4.06. The van der Waals surface area contributed by atoms with Crippen LogP contribution in [0.25, 0.3) is 0 Å². The van der Waals surface area contributed by atoms with E-state index < -0.39 is 34.3 Å². The van der Waals surface area contributed by atoms with E-state index in [0.717, 1.165) is 14.3 Å². The first-order valence-electron chi connectivity index (χ1n) is 10.5. The number of nitrogens with zero attached hydrogens (tertiary/aromatic N) is 5. The van der Waals surface area contributed by atoms with Gasteiger partial charge in [-0.1, -0.05) is 39.7 Å². The zero-order valence-electron chi connectivity index (χ0n) is 18.4. The number of hydrogen-bond donors (Lipinski definition) is 3. The van der Waals surface area contributed by atoms with E-state index in [4.69, 9.17) is 11.6 Å². The number of rotatable bonds is 8. The molecule has 186 valence electrons. The highest BCUT2D eigenvalue weighted by Gasteiger charge is 2.40. The molecule has 1 aliphatic rings. The molecule has 0 spiro atoms. The number of hydrogen-bond acceptors (Lipinski definition) is 8. The molecular formula is C21H22BrClN6O5S. The molecule has 35 heavy (non-hydrogen) atoms. The first-order chi connectivity index (χ1) is 16.5. The molecule has 3 aromatic rings. The van der Waals surface area contributed by atoms with Gasteiger partial charge in [-0.2, -0.15) is 17.8 Å². The Morgan fingerprint density at radius 3 is 2.86 bits per heavy atom. The van der Waals surface area contributed by atoms with Crippen molar-refractivity contribution in [3.8, 4) is 0 Å². The van der Waals surface area contributed by atoms with Crippen LogP contribution in [-0.2, 0) is 16.8 Å². The van der Waals surface area contributed by atoms with Crippen molar-refractivity contribution in [2.24, 2.45) is 0 Å². The van der Waals surface area contributed by atoms with E-state index in [-0.39, 0.29) is 34.9 Å². The van der Waals surface area contributed by atoms with Crippen LogP contribution in [0, 0.1) is 0 Å². The first kappa shape index (κ1) is 25.7. The van der Waals surface area contributed by atoms with Crippen LogP contribution in [0.4, 0.5) is 5.82 Å². The molecule has 0 radical (unpaired) electrons. The summed E-state index contributed by atoms with van der Waals surface area (Å²) in [5.74, 6) is -0.286. The van der Waals surface area contributed by atoms with Gasteiger partial charge in [0.05, 0.1) is 29.3 Å². The number of carbonyl (C=O) groups is 1. The van der Waals surface area contributed by atoms with E-state index in [0.29, 0.717) is 6.54 Å². The van der Waals surface area contributed by atoms with Gasteiger partial charge in [-0.25, -0.2) is 9.97 Å². The Bertz CT molecular complexity index is 1350. The summed E-state index contributed by atoms with van der Waals surface area (Å²) in [7, 11) is -3.27. The van der Waals surface area contributed by atoms with Gasteiger partial charge in [-0.05, 0) is 30.5 Å². The SMILES string of the molecule is CN([C@@H]1C[C@@H](Nc2ncncc2C(=O)c2nn(Cc3cccc(Br)c3)cc2Cl)C[C@@H]1O)S(=O)(=O)O. The monoisotopic (exact) mass is 584 g/mol. The lowest BCUT2D eigenvalue weighted by Gasteiger charge is -2.23. The number of halogens is 2. The molecule has 0 amide bonds. The standard InChI is InChI=1S/C21H22BrClN6O5S/c1-28(35(32,33)34)17-6-14(7-18(17)30)26-21-15(8-24-11-25-21)20(31)19-16(23)10-29(27-19)9-12-3-2-4-13(22)5-12/h2-5,8,10-11,14,17-18,30H,6-7,9H2,1H3,(H,24,25,26)(H,32,33,34)/t14-,17-,18+/m1/s1. The molecule has 0 saturated heterocycles. The minimum Gasteiger partial charge on any atom is -0.391 e. The molecule has 3 N–H and O–H groups in total. The number of nitrogens with one attached hydrogen (secondary N) is 1. The summed E-state index contributed by atoms with van der Waals surface area (Å²) in [4.78, 5) is 21.4. The molecule has 14 heteroatoms. The van der Waals surface area contributed by atoms with Gasteiger partial charge < -0.3 is 10.4 Å². The smallest absolute Gasteiger partial charge is 0.335 e. The lowest BCUT2D eigenvalue weighted by Crippen LogP contribution is -2.41. The van der Waals surface area contributed by atoms with Gasteiger partial charge in [0.15, 0.2) is 5.69 Å². The molecule has 1 aliphatic carbocycles. The summed E-state index contributed by atoms with van der Waals surface area (Å²) < 4.78 is 35.4. The molecule has 3 atom stereocenters. The largest absolute Gasteiger partial charge is 0.391 e. The quantitative estimate of drug-likeness (QED) is 0.267. The van der Waals surface area contributed by atoms with Crippen molar-refractivity contribution in [2.45, 2.75) is 37.6 Å². The third kappa shape index (κ3) is 5.88. The molecule has 2 aromatic heterocycles. The second-order valence-corrected chi connectivity index (χ2v) is 11.0. The molecule has 0 aliphatic heterocycles. The van der Waals surface area contributed by atoms with Crippen LogP contribution in [0.1, 0.15) is 34.5 Å². The maximum absolute atomic E-state index is 13.3. The number of ketones is 1. The van der Waals surface area contributed by atoms with Gasteiger partial charge in [-0.15, -0.1) is 0 Å². The van der Waals surface area contributed by atoms with Crippen molar-refractivity contribution >= 4 is 49.4 Å². The predicted molar refractivity (Wildman–Crippen MR) is 132 cm³/mol. The summed E-state index contributed by atoms with van der Waals surface area (Å²) in [6, 6.07) is 6.43. The number of aromatic nitrogens is 4. The lowest BCUT2D eigenvalue weighted by atomic mass is 10.1. The zero-order valence-corrected chi connectivity index (χ0v) is 21.6. The summed E-state index contributed by atoms with van der Waals surface area (Å²) in [6.45, 7) is 0.408. The third-order valence-electron chi connectivity index (χ3n) is 5.79. The van der Waals surface area contributed by atoms with Crippen LogP contribution in [0.2, 0.25) is 5.02 Å². The van der Waals surface area contributed by atoms with E-state index >= 15 is 0 Å². The normalized spacial score (nSPS) is 20.3. The highest BCUT2D eigenvalue weighted by molar-refractivity contribution is 9.10. The Morgan fingerprint density at radius 1 is 1.37 bits per heavy atom. The van der Waals surface area contributed by atoms with Crippen molar-refractivity contribution in [1.82, 2.24) is 24.1 Å². The van der Waals surface area contributed by atoms with Crippen LogP contribution in [0.15, 0.2) is 47.5 Å². The van der Waals surface area contributed by atoms with Crippen LogP contribution in [-0.4, -0.2) is 73.1 Å². The molecule has 1 saturated carbocycles. The summed E-state index contributed by atoms with van der Waals surface area (Å²) in [6.07, 6.45) is 3.54. The third-order valence-corrected chi connectivity index (χ3v) is 7.56. The van der Waals surface area contributed by atoms with Gasteiger partial charge in [0, 0.05) is 30.0 Å². The zero-order chi connectivity index (χ0) is 25.3. The Balaban J connectivity index is 1.53. The maximum atomic E-state index is 13.3. The van der Waals surface area contributed by atoms with Crippen LogP contribution < -0.4 is 5.32 Å².